The summed E-state index contributed by atoms with van der Waals surface area (Å²) in [5, 5.41) is 0.628. The quantitative estimate of drug-likeness (QED) is 0.351. The molecule has 0 aliphatic carbocycles. The molecule has 0 aliphatic heterocycles. The van der Waals surface area contributed by atoms with Crippen molar-refractivity contribution in [1.29, 1.82) is 0 Å². The summed E-state index contributed by atoms with van der Waals surface area (Å²) in [6, 6.07) is 19.2. The molecule has 0 spiro atoms. The Balaban J connectivity index is 1.80. The van der Waals surface area contributed by atoms with E-state index in [1.54, 1.807) is 22.9 Å². The molecule has 0 bridgehead atoms. The van der Waals surface area contributed by atoms with Gasteiger partial charge >= 0.3 is 0 Å². The molecule has 0 unspecified atom stereocenters. The van der Waals surface area contributed by atoms with E-state index in [4.69, 9.17) is 9.72 Å². The van der Waals surface area contributed by atoms with Gasteiger partial charge in [-0.05, 0) is 49.6 Å². The van der Waals surface area contributed by atoms with E-state index in [1.165, 1.54) is 11.3 Å². The molecule has 0 fully saturated rings. The highest BCUT2D eigenvalue weighted by molar-refractivity contribution is 7.98. The maximum Gasteiger partial charge on any atom is 0.261 e. The van der Waals surface area contributed by atoms with Gasteiger partial charge in [0.2, 0.25) is 0 Å². The van der Waals surface area contributed by atoms with Gasteiger partial charge in [-0.1, -0.05) is 35.6 Å². The Kier molecular flexibility index (Phi) is 6.30. The van der Waals surface area contributed by atoms with Crippen molar-refractivity contribution in [3.8, 4) is 5.75 Å². The minimum Gasteiger partial charge on any atom is -0.492 e. The molecule has 4 rings (SSSR count). The van der Waals surface area contributed by atoms with Crippen molar-refractivity contribution >= 4 is 44.4 Å². The lowest BCUT2D eigenvalue weighted by Gasteiger charge is -2.20. The van der Waals surface area contributed by atoms with Crippen molar-refractivity contribution in [2.75, 3.05) is 17.8 Å². The van der Waals surface area contributed by atoms with Crippen molar-refractivity contribution in [2.45, 2.75) is 18.4 Å². The van der Waals surface area contributed by atoms with Crippen LogP contribution in [0.15, 0.2) is 71.8 Å². The lowest BCUT2D eigenvalue weighted by atomic mass is 10.2. The van der Waals surface area contributed by atoms with Crippen LogP contribution in [-0.2, 0) is 6.54 Å². The third-order valence-electron chi connectivity index (χ3n) is 4.53. The van der Waals surface area contributed by atoms with Crippen LogP contribution >= 0.6 is 23.1 Å². The molecule has 0 N–H and O–H groups in total. The first-order valence-corrected chi connectivity index (χ1v) is 11.6. The Morgan fingerprint density at radius 1 is 1.10 bits per heavy atom. The zero-order valence-corrected chi connectivity index (χ0v) is 18.4. The standard InChI is InChI=1S/C23H21N3O2S2/c1-3-28-18-11-8-13-20-21(18)25-23(30-20)26(15-16-9-6-7-14-24-16)22(27)17-10-4-5-12-19(17)29-2/h4-14H,3,15H2,1-2H3. The van der Waals surface area contributed by atoms with E-state index in [-0.39, 0.29) is 5.91 Å². The van der Waals surface area contributed by atoms with Crippen molar-refractivity contribution in [3.63, 3.8) is 0 Å². The number of rotatable bonds is 7. The van der Waals surface area contributed by atoms with Gasteiger partial charge in [-0.15, -0.1) is 11.8 Å². The summed E-state index contributed by atoms with van der Waals surface area (Å²) in [4.78, 5) is 25.5. The van der Waals surface area contributed by atoms with Crippen LogP contribution in [0.2, 0.25) is 0 Å². The van der Waals surface area contributed by atoms with Gasteiger partial charge < -0.3 is 4.74 Å². The summed E-state index contributed by atoms with van der Waals surface area (Å²) in [6.07, 6.45) is 3.71. The second kappa shape index (κ2) is 9.28. The van der Waals surface area contributed by atoms with E-state index in [2.05, 4.69) is 4.98 Å². The number of carbonyl (C=O) groups excluding carboxylic acids is 1. The van der Waals surface area contributed by atoms with E-state index in [0.29, 0.717) is 23.8 Å². The molecule has 30 heavy (non-hydrogen) atoms. The van der Waals surface area contributed by atoms with Crippen LogP contribution in [0.5, 0.6) is 5.75 Å². The number of pyridine rings is 1. The minimum absolute atomic E-state index is 0.0948. The number of thioether (sulfide) groups is 1. The number of hydrogen-bond donors (Lipinski definition) is 0. The molecule has 2 heterocycles. The zero-order chi connectivity index (χ0) is 20.9. The molecule has 0 aliphatic rings. The molecule has 2 aromatic heterocycles. The molecule has 4 aromatic rings. The summed E-state index contributed by atoms with van der Waals surface area (Å²) in [6.45, 7) is 2.85. The molecule has 0 radical (unpaired) electrons. The Bertz CT molecular complexity index is 1160. The van der Waals surface area contributed by atoms with Gasteiger partial charge in [0, 0.05) is 11.1 Å². The van der Waals surface area contributed by atoms with Crippen LogP contribution in [0.4, 0.5) is 5.13 Å². The number of benzene rings is 2. The average molecular weight is 436 g/mol. The number of aromatic nitrogens is 2. The van der Waals surface area contributed by atoms with Gasteiger partial charge in [0.05, 0.1) is 29.1 Å². The highest BCUT2D eigenvalue weighted by Crippen LogP contribution is 2.36. The van der Waals surface area contributed by atoms with Gasteiger partial charge in [0.1, 0.15) is 11.3 Å². The van der Waals surface area contributed by atoms with Gasteiger partial charge in [0.25, 0.3) is 5.91 Å². The Morgan fingerprint density at radius 3 is 2.70 bits per heavy atom. The topological polar surface area (TPSA) is 55.3 Å². The normalized spacial score (nSPS) is 10.9. The molecule has 7 heteroatoms. The van der Waals surface area contributed by atoms with E-state index < -0.39 is 0 Å². The molecular formula is C23H21N3O2S2. The van der Waals surface area contributed by atoms with Crippen molar-refractivity contribution in [3.05, 3.63) is 78.1 Å². The smallest absolute Gasteiger partial charge is 0.261 e. The maximum atomic E-state index is 13.6. The molecular weight excluding hydrogens is 414 g/mol. The van der Waals surface area contributed by atoms with E-state index in [1.807, 2.05) is 73.8 Å². The molecule has 0 saturated heterocycles. The van der Waals surface area contributed by atoms with Crippen LogP contribution in [0.1, 0.15) is 23.0 Å². The second-order valence-corrected chi connectivity index (χ2v) is 8.30. The fraction of sp³-hybridized carbons (Fsp3) is 0.174. The summed E-state index contributed by atoms with van der Waals surface area (Å²) < 4.78 is 6.72. The number of anilines is 1. The summed E-state index contributed by atoms with van der Waals surface area (Å²) in [5.74, 6) is 0.634. The number of nitrogens with zero attached hydrogens (tertiary/aromatic N) is 3. The molecule has 1 amide bonds. The number of thiazole rings is 1. The lowest BCUT2D eigenvalue weighted by molar-refractivity contribution is 0.0982. The SMILES string of the molecule is CCOc1cccc2sc(N(Cc3ccccn3)C(=O)c3ccccc3SC)nc12. The number of carbonyl (C=O) groups is 1. The largest absolute Gasteiger partial charge is 0.492 e. The predicted octanol–water partition coefficient (Wildman–Crippen LogP) is 5.66. The molecule has 2 aromatic carbocycles. The highest BCUT2D eigenvalue weighted by atomic mass is 32.2. The van der Waals surface area contributed by atoms with Gasteiger partial charge in [-0.2, -0.15) is 0 Å². The van der Waals surface area contributed by atoms with E-state index in [9.17, 15) is 4.79 Å². The first-order chi connectivity index (χ1) is 14.7. The zero-order valence-electron chi connectivity index (χ0n) is 16.7. The van der Waals surface area contributed by atoms with E-state index in [0.717, 1.165) is 26.6 Å². The fourth-order valence-corrected chi connectivity index (χ4v) is 4.72. The summed E-state index contributed by atoms with van der Waals surface area (Å²) in [7, 11) is 0. The predicted molar refractivity (Wildman–Crippen MR) is 124 cm³/mol. The average Bonchev–Trinajstić information content (AvgIpc) is 3.23. The molecule has 0 saturated carbocycles. The third kappa shape index (κ3) is 4.17. The van der Waals surface area contributed by atoms with Crippen LogP contribution in [0.3, 0.4) is 0 Å². The third-order valence-corrected chi connectivity index (χ3v) is 6.37. The highest BCUT2D eigenvalue weighted by Gasteiger charge is 2.24. The van der Waals surface area contributed by atoms with Crippen molar-refractivity contribution < 1.29 is 9.53 Å². The summed E-state index contributed by atoms with van der Waals surface area (Å²) >= 11 is 3.04. The number of fused-ring (bicyclic) bond motifs is 1. The second-order valence-electron chi connectivity index (χ2n) is 6.45. The molecule has 152 valence electrons. The first-order valence-electron chi connectivity index (χ1n) is 9.58. The number of ether oxygens (including phenoxy) is 1. The minimum atomic E-state index is -0.0948. The van der Waals surface area contributed by atoms with Crippen LogP contribution in [0, 0.1) is 0 Å². The Hall–Kier alpha value is -2.90. The van der Waals surface area contributed by atoms with Gasteiger partial charge in [0.15, 0.2) is 5.13 Å². The van der Waals surface area contributed by atoms with Crippen LogP contribution in [0.25, 0.3) is 10.2 Å². The lowest BCUT2D eigenvalue weighted by Crippen LogP contribution is -2.31. The number of amides is 1. The van der Waals surface area contributed by atoms with Gasteiger partial charge in [-0.3, -0.25) is 14.7 Å². The monoisotopic (exact) mass is 435 g/mol. The molecule has 0 atom stereocenters. The maximum absolute atomic E-state index is 13.6. The summed E-state index contributed by atoms with van der Waals surface area (Å²) in [5.41, 5.74) is 2.23. The Labute approximate surface area is 183 Å². The number of para-hydroxylation sites is 1. The van der Waals surface area contributed by atoms with Crippen LogP contribution < -0.4 is 9.64 Å². The van der Waals surface area contributed by atoms with Crippen molar-refractivity contribution in [1.82, 2.24) is 9.97 Å². The van der Waals surface area contributed by atoms with Crippen molar-refractivity contribution in [2.24, 2.45) is 0 Å². The molecule has 5 nitrogen and oxygen atoms in total. The van der Waals surface area contributed by atoms with Gasteiger partial charge in [-0.25, -0.2) is 4.98 Å². The number of hydrogen-bond acceptors (Lipinski definition) is 6. The first kappa shape index (κ1) is 20.4. The van der Waals surface area contributed by atoms with E-state index >= 15 is 0 Å². The Morgan fingerprint density at radius 2 is 1.93 bits per heavy atom. The van der Waals surface area contributed by atoms with Crippen LogP contribution in [-0.4, -0.2) is 28.7 Å². The fourth-order valence-electron chi connectivity index (χ4n) is 3.15.